The molecule has 25 heavy (non-hydrogen) atoms. The SMILES string of the molecule is CNC(=O)[C@H]1CCCN(C(=O)[C@@H]2CCCN(C(=O)OC(C)(C)C)O2)O1. The van der Waals surface area contributed by atoms with Crippen LogP contribution >= 0.6 is 0 Å². The van der Waals surface area contributed by atoms with Crippen LogP contribution in [0.2, 0.25) is 0 Å². The number of rotatable bonds is 2. The average molecular weight is 357 g/mol. The minimum absolute atomic E-state index is 0.266. The van der Waals surface area contributed by atoms with Crippen LogP contribution in [0.3, 0.4) is 0 Å². The molecule has 0 aromatic carbocycles. The van der Waals surface area contributed by atoms with E-state index >= 15 is 0 Å². The van der Waals surface area contributed by atoms with E-state index in [0.717, 1.165) is 5.06 Å². The third-order valence-corrected chi connectivity index (χ3v) is 3.82. The maximum atomic E-state index is 12.6. The van der Waals surface area contributed by atoms with E-state index in [1.807, 2.05) is 0 Å². The van der Waals surface area contributed by atoms with E-state index in [1.54, 1.807) is 20.8 Å². The third-order valence-electron chi connectivity index (χ3n) is 3.82. The standard InChI is InChI=1S/C16H27N3O6/c1-16(2,3)23-15(22)19-10-6-8-12(25-19)14(21)18-9-5-7-11(24-18)13(20)17-4/h11-12H,5-10H2,1-4H3,(H,17,20)/t11-,12+/m1/s1. The van der Waals surface area contributed by atoms with Crippen LogP contribution < -0.4 is 5.32 Å². The van der Waals surface area contributed by atoms with Gasteiger partial charge in [0.25, 0.3) is 11.8 Å². The molecule has 142 valence electrons. The topological polar surface area (TPSA) is 97.4 Å². The molecule has 0 radical (unpaired) electrons. The van der Waals surface area contributed by atoms with Crippen LogP contribution in [0.15, 0.2) is 0 Å². The Morgan fingerprint density at radius 1 is 1.00 bits per heavy atom. The van der Waals surface area contributed by atoms with E-state index in [0.29, 0.717) is 38.8 Å². The van der Waals surface area contributed by atoms with Crippen LogP contribution in [0.1, 0.15) is 46.5 Å². The van der Waals surface area contributed by atoms with E-state index in [-0.39, 0.29) is 11.8 Å². The van der Waals surface area contributed by atoms with Gasteiger partial charge in [-0.15, -0.1) is 0 Å². The number of hydroxylamine groups is 4. The Kier molecular flexibility index (Phi) is 6.23. The predicted octanol–water partition coefficient (Wildman–Crippen LogP) is 0.986. The number of amides is 3. The first-order chi connectivity index (χ1) is 11.7. The first-order valence-electron chi connectivity index (χ1n) is 8.58. The summed E-state index contributed by atoms with van der Waals surface area (Å²) in [6, 6.07) is 0. The van der Waals surface area contributed by atoms with Crippen molar-refractivity contribution in [3.8, 4) is 0 Å². The molecule has 0 spiro atoms. The highest BCUT2D eigenvalue weighted by molar-refractivity contribution is 5.83. The van der Waals surface area contributed by atoms with E-state index in [2.05, 4.69) is 5.32 Å². The van der Waals surface area contributed by atoms with Crippen LogP contribution in [-0.4, -0.2) is 66.0 Å². The second kappa shape index (κ2) is 8.01. The van der Waals surface area contributed by atoms with Crippen LogP contribution in [0, 0.1) is 0 Å². The Morgan fingerprint density at radius 3 is 2.16 bits per heavy atom. The Bertz CT molecular complexity index is 518. The molecule has 0 aromatic heterocycles. The summed E-state index contributed by atoms with van der Waals surface area (Å²) in [6.07, 6.45) is 0.168. The average Bonchev–Trinajstić information content (AvgIpc) is 2.59. The quantitative estimate of drug-likeness (QED) is 0.791. The zero-order chi connectivity index (χ0) is 18.6. The van der Waals surface area contributed by atoms with Crippen molar-refractivity contribution in [2.45, 2.75) is 64.3 Å². The van der Waals surface area contributed by atoms with Gasteiger partial charge in [-0.25, -0.2) is 9.86 Å². The summed E-state index contributed by atoms with van der Waals surface area (Å²) >= 11 is 0. The molecule has 0 unspecified atom stereocenters. The summed E-state index contributed by atoms with van der Waals surface area (Å²) in [7, 11) is 1.52. The highest BCUT2D eigenvalue weighted by atomic mass is 16.7. The van der Waals surface area contributed by atoms with Crippen molar-refractivity contribution in [1.29, 1.82) is 0 Å². The molecule has 3 amide bonds. The van der Waals surface area contributed by atoms with Crippen LogP contribution in [0.5, 0.6) is 0 Å². The maximum Gasteiger partial charge on any atom is 0.434 e. The Morgan fingerprint density at radius 2 is 1.56 bits per heavy atom. The second-order valence-corrected chi connectivity index (χ2v) is 7.11. The predicted molar refractivity (Wildman–Crippen MR) is 86.9 cm³/mol. The second-order valence-electron chi connectivity index (χ2n) is 7.11. The number of hydrogen-bond donors (Lipinski definition) is 1. The summed E-state index contributed by atoms with van der Waals surface area (Å²) in [5, 5.41) is 4.77. The first kappa shape index (κ1) is 19.5. The summed E-state index contributed by atoms with van der Waals surface area (Å²) in [5.41, 5.74) is -0.645. The number of ether oxygens (including phenoxy) is 1. The highest BCUT2D eigenvalue weighted by Gasteiger charge is 2.37. The minimum Gasteiger partial charge on any atom is -0.442 e. The molecule has 2 saturated heterocycles. The maximum absolute atomic E-state index is 12.6. The lowest BCUT2D eigenvalue weighted by Gasteiger charge is -2.36. The largest absolute Gasteiger partial charge is 0.442 e. The Labute approximate surface area is 147 Å². The molecule has 0 aliphatic carbocycles. The highest BCUT2D eigenvalue weighted by Crippen LogP contribution is 2.22. The van der Waals surface area contributed by atoms with Gasteiger partial charge >= 0.3 is 6.09 Å². The molecule has 0 aromatic rings. The Balaban J connectivity index is 1.94. The third kappa shape index (κ3) is 5.30. The van der Waals surface area contributed by atoms with E-state index in [1.165, 1.54) is 12.1 Å². The zero-order valence-electron chi connectivity index (χ0n) is 15.2. The lowest BCUT2D eigenvalue weighted by atomic mass is 10.1. The molecular weight excluding hydrogens is 330 g/mol. The van der Waals surface area contributed by atoms with Gasteiger partial charge in [0.15, 0.2) is 12.2 Å². The fraction of sp³-hybridized carbons (Fsp3) is 0.812. The van der Waals surface area contributed by atoms with Crippen molar-refractivity contribution in [1.82, 2.24) is 15.4 Å². The van der Waals surface area contributed by atoms with Crippen molar-refractivity contribution in [3.63, 3.8) is 0 Å². The van der Waals surface area contributed by atoms with Crippen molar-refractivity contribution in [2.24, 2.45) is 0 Å². The fourth-order valence-electron chi connectivity index (χ4n) is 2.64. The van der Waals surface area contributed by atoms with E-state index in [4.69, 9.17) is 14.4 Å². The lowest BCUT2D eigenvalue weighted by Crippen LogP contribution is -2.52. The number of nitrogens with zero attached hydrogens (tertiary/aromatic N) is 2. The molecule has 9 nitrogen and oxygen atoms in total. The van der Waals surface area contributed by atoms with Crippen molar-refractivity contribution in [3.05, 3.63) is 0 Å². The summed E-state index contributed by atoms with van der Waals surface area (Å²) < 4.78 is 5.27. The number of carbonyl (C=O) groups excluding carboxylic acids is 3. The zero-order valence-corrected chi connectivity index (χ0v) is 15.2. The smallest absolute Gasteiger partial charge is 0.434 e. The number of nitrogens with one attached hydrogen (secondary N) is 1. The normalized spacial score (nSPS) is 24.6. The summed E-state index contributed by atoms with van der Waals surface area (Å²) in [6.45, 7) is 6.03. The first-order valence-corrected chi connectivity index (χ1v) is 8.58. The van der Waals surface area contributed by atoms with Gasteiger partial charge in [-0.05, 0) is 46.5 Å². The minimum atomic E-state index is -0.829. The van der Waals surface area contributed by atoms with Crippen molar-refractivity contribution in [2.75, 3.05) is 20.1 Å². The molecular formula is C16H27N3O6. The number of likely N-dealkylation sites (N-methyl/N-ethyl adjacent to an activating group) is 1. The molecule has 2 aliphatic heterocycles. The molecule has 2 rings (SSSR count). The van der Waals surface area contributed by atoms with E-state index < -0.39 is 23.9 Å². The van der Waals surface area contributed by atoms with Gasteiger partial charge in [-0.2, -0.15) is 5.06 Å². The van der Waals surface area contributed by atoms with Gasteiger partial charge in [0.1, 0.15) is 5.60 Å². The van der Waals surface area contributed by atoms with Gasteiger partial charge in [0.2, 0.25) is 0 Å². The summed E-state index contributed by atoms with van der Waals surface area (Å²) in [5.74, 6) is -0.653. The van der Waals surface area contributed by atoms with Crippen molar-refractivity contribution >= 4 is 17.9 Å². The molecule has 0 bridgehead atoms. The molecule has 2 atom stereocenters. The molecule has 2 aliphatic rings. The summed E-state index contributed by atoms with van der Waals surface area (Å²) in [4.78, 5) is 47.5. The van der Waals surface area contributed by atoms with E-state index in [9.17, 15) is 14.4 Å². The number of carbonyl (C=O) groups is 3. The van der Waals surface area contributed by atoms with Gasteiger partial charge in [0.05, 0.1) is 6.54 Å². The molecule has 0 saturated carbocycles. The molecule has 1 N–H and O–H groups in total. The van der Waals surface area contributed by atoms with Crippen molar-refractivity contribution < 1.29 is 28.8 Å². The van der Waals surface area contributed by atoms with Gasteiger partial charge in [0, 0.05) is 13.6 Å². The monoisotopic (exact) mass is 357 g/mol. The fourth-order valence-corrected chi connectivity index (χ4v) is 2.64. The van der Waals surface area contributed by atoms with Gasteiger partial charge in [-0.3, -0.25) is 19.3 Å². The van der Waals surface area contributed by atoms with Crippen LogP contribution in [0.4, 0.5) is 4.79 Å². The molecule has 2 fully saturated rings. The van der Waals surface area contributed by atoms with Crippen LogP contribution in [0.25, 0.3) is 0 Å². The van der Waals surface area contributed by atoms with Gasteiger partial charge in [-0.1, -0.05) is 0 Å². The Hall–Kier alpha value is -1.87. The molecule has 2 heterocycles. The van der Waals surface area contributed by atoms with Crippen LogP contribution in [-0.2, 0) is 24.0 Å². The molecule has 9 heteroatoms. The van der Waals surface area contributed by atoms with Gasteiger partial charge < -0.3 is 10.1 Å². The number of hydrogen-bond acceptors (Lipinski definition) is 6. The lowest BCUT2D eigenvalue weighted by molar-refractivity contribution is -0.249.